The highest BCUT2D eigenvalue weighted by atomic mass is 35.5. The summed E-state index contributed by atoms with van der Waals surface area (Å²) in [6.45, 7) is 0. The van der Waals surface area contributed by atoms with Gasteiger partial charge in [-0.05, 0) is 71.9 Å². The van der Waals surface area contributed by atoms with Crippen LogP contribution in [-0.2, 0) is 6.18 Å². The molecule has 1 N–H and O–H groups in total. The van der Waals surface area contributed by atoms with Gasteiger partial charge in [-0.3, -0.25) is 10.1 Å². The van der Waals surface area contributed by atoms with E-state index in [1.807, 2.05) is 36.4 Å². The van der Waals surface area contributed by atoms with Crippen LogP contribution in [0.15, 0.2) is 93.3 Å². The van der Waals surface area contributed by atoms with Crippen LogP contribution in [0.4, 0.5) is 18.0 Å². The fourth-order valence-electron chi connectivity index (χ4n) is 5.28. The maximum Gasteiger partial charge on any atom is 0.416 e. The molecular formula is C30H18Cl2F3N3O3S. The molecule has 0 bridgehead atoms. The van der Waals surface area contributed by atoms with Crippen molar-refractivity contribution < 1.29 is 27.1 Å². The lowest BCUT2D eigenvalue weighted by atomic mass is 9.96. The minimum absolute atomic E-state index is 0.0961. The van der Waals surface area contributed by atoms with Gasteiger partial charge in [0.05, 0.1) is 27.2 Å². The predicted octanol–water partition coefficient (Wildman–Crippen LogP) is 8.97. The van der Waals surface area contributed by atoms with E-state index in [-0.39, 0.29) is 33.4 Å². The van der Waals surface area contributed by atoms with E-state index < -0.39 is 17.6 Å². The third-order valence-corrected chi connectivity index (χ3v) is 8.70. The summed E-state index contributed by atoms with van der Waals surface area (Å²) in [6.07, 6.45) is -2.37. The van der Waals surface area contributed by atoms with Crippen LogP contribution in [0.3, 0.4) is 0 Å². The minimum atomic E-state index is -4.54. The van der Waals surface area contributed by atoms with Crippen LogP contribution >= 0.6 is 35.0 Å². The number of carbonyl (C=O) groups is 1. The molecule has 3 aliphatic heterocycles. The van der Waals surface area contributed by atoms with E-state index in [4.69, 9.17) is 37.5 Å². The zero-order chi connectivity index (χ0) is 29.2. The second-order valence-corrected chi connectivity index (χ2v) is 11.7. The Morgan fingerprint density at radius 1 is 1.05 bits per heavy atom. The molecule has 2 unspecified atom stereocenters. The van der Waals surface area contributed by atoms with Crippen LogP contribution in [0.25, 0.3) is 17.4 Å². The number of para-hydroxylation sites is 1. The second kappa shape index (κ2) is 9.86. The zero-order valence-electron chi connectivity index (χ0n) is 21.3. The number of alkyl halides is 3. The first-order chi connectivity index (χ1) is 20.1. The Labute approximate surface area is 251 Å². The van der Waals surface area contributed by atoms with E-state index in [2.05, 4.69) is 5.32 Å². The molecule has 1 amide bonds. The molecule has 4 aromatic rings. The summed E-state index contributed by atoms with van der Waals surface area (Å²) in [5, 5.41) is 9.97. The molecule has 7 rings (SSSR count). The number of thioether (sulfide) groups is 1. The number of nitrogens with zero attached hydrogens (tertiary/aromatic N) is 2. The van der Waals surface area contributed by atoms with E-state index >= 15 is 0 Å². The van der Waals surface area contributed by atoms with Gasteiger partial charge in [-0.15, -0.1) is 0 Å². The molecule has 2 atom stereocenters. The highest BCUT2D eigenvalue weighted by Gasteiger charge is 2.58. The normalized spacial score (nSPS) is 22.2. The van der Waals surface area contributed by atoms with Crippen LogP contribution in [0.1, 0.15) is 34.9 Å². The number of hydrogen-bond donors (Lipinski definition) is 1. The van der Waals surface area contributed by atoms with Crippen molar-refractivity contribution in [2.45, 2.75) is 24.5 Å². The molecule has 3 aliphatic rings. The van der Waals surface area contributed by atoms with Crippen molar-refractivity contribution in [1.29, 1.82) is 0 Å². The van der Waals surface area contributed by atoms with E-state index in [9.17, 15) is 18.0 Å². The molecule has 42 heavy (non-hydrogen) atoms. The van der Waals surface area contributed by atoms with Gasteiger partial charge >= 0.3 is 12.0 Å². The fourth-order valence-corrected chi connectivity index (χ4v) is 6.50. The lowest BCUT2D eigenvalue weighted by molar-refractivity contribution is -0.137. The molecule has 0 radical (unpaired) electrons. The highest BCUT2D eigenvalue weighted by Crippen LogP contribution is 2.53. The largest absolute Gasteiger partial charge is 0.457 e. The zero-order valence-corrected chi connectivity index (χ0v) is 23.6. The maximum atomic E-state index is 13.3. The number of amides is 1. The number of benzene rings is 3. The monoisotopic (exact) mass is 627 g/mol. The Bertz CT molecular complexity index is 1810. The molecule has 4 heterocycles. The molecule has 6 nitrogen and oxygen atoms in total. The molecule has 1 aromatic heterocycles. The third-order valence-electron chi connectivity index (χ3n) is 7.21. The number of ether oxygens (including phenoxy) is 1. The highest BCUT2D eigenvalue weighted by molar-refractivity contribution is 8.17. The van der Waals surface area contributed by atoms with Gasteiger partial charge in [0.15, 0.2) is 0 Å². The van der Waals surface area contributed by atoms with Gasteiger partial charge in [-0.2, -0.15) is 18.3 Å². The van der Waals surface area contributed by atoms with Crippen LogP contribution in [0, 0.1) is 0 Å². The summed E-state index contributed by atoms with van der Waals surface area (Å²) in [4.78, 5) is 13.3. The molecule has 12 heteroatoms. The number of fused-ring (bicyclic) bond motifs is 4. The average molecular weight is 628 g/mol. The van der Waals surface area contributed by atoms with E-state index in [1.165, 1.54) is 12.1 Å². The molecule has 3 aromatic carbocycles. The molecule has 0 aliphatic carbocycles. The Kier molecular flexibility index (Phi) is 6.34. The summed E-state index contributed by atoms with van der Waals surface area (Å²) in [5.41, 5.74) is 1.85. The summed E-state index contributed by atoms with van der Waals surface area (Å²) < 4.78 is 52.4. The quantitative estimate of drug-likeness (QED) is 0.245. The smallest absolute Gasteiger partial charge is 0.416 e. The predicted molar refractivity (Wildman–Crippen MR) is 155 cm³/mol. The average Bonchev–Trinajstić information content (AvgIpc) is 3.68. The summed E-state index contributed by atoms with van der Waals surface area (Å²) in [7, 11) is 0. The minimum Gasteiger partial charge on any atom is -0.457 e. The third kappa shape index (κ3) is 4.54. The van der Waals surface area contributed by atoms with Crippen molar-refractivity contribution in [1.82, 2.24) is 10.3 Å². The van der Waals surface area contributed by atoms with Crippen LogP contribution in [0.2, 0.25) is 10.0 Å². The standard InChI is InChI=1S/C30H18Cl2F3N3O3S/c31-18-8-5-16(6-9-18)23-15-24-20-3-1-2-4-26(20)41-30(38(24)37-23)27(42-28(39)36-30)14-19-10-12-25(40-19)21-13-17(29(33,34)35)7-11-22(21)32/h1-14,24H,15H2,(H,36,39). The van der Waals surface area contributed by atoms with Gasteiger partial charge in [0, 0.05) is 22.6 Å². The van der Waals surface area contributed by atoms with E-state index in [0.29, 0.717) is 22.1 Å². The van der Waals surface area contributed by atoms with Crippen LogP contribution < -0.4 is 10.1 Å². The van der Waals surface area contributed by atoms with E-state index in [0.717, 1.165) is 40.7 Å². The number of nitrogens with one attached hydrogen (secondary N) is 1. The Balaban J connectivity index is 1.31. The second-order valence-electron chi connectivity index (χ2n) is 9.82. The number of hydrogen-bond acceptors (Lipinski definition) is 6. The molecular weight excluding hydrogens is 610 g/mol. The van der Waals surface area contributed by atoms with Gasteiger partial charge in [0.1, 0.15) is 17.3 Å². The van der Waals surface area contributed by atoms with Crippen molar-refractivity contribution >= 4 is 52.0 Å². The Hall–Kier alpha value is -3.86. The molecule has 1 fully saturated rings. The maximum absolute atomic E-state index is 13.3. The molecule has 1 saturated heterocycles. The van der Waals surface area contributed by atoms with Crippen molar-refractivity contribution in [2.24, 2.45) is 5.10 Å². The molecule has 0 saturated carbocycles. The summed E-state index contributed by atoms with van der Waals surface area (Å²) in [6, 6.07) is 20.8. The van der Waals surface area contributed by atoms with Crippen molar-refractivity contribution in [3.63, 3.8) is 0 Å². The lowest BCUT2D eigenvalue weighted by Gasteiger charge is -2.44. The number of hydrazone groups is 1. The molecule has 1 spiro atoms. The van der Waals surface area contributed by atoms with E-state index in [1.54, 1.807) is 29.3 Å². The van der Waals surface area contributed by atoms with Gasteiger partial charge in [-0.25, -0.2) is 5.01 Å². The van der Waals surface area contributed by atoms with Gasteiger partial charge in [0.25, 0.3) is 5.24 Å². The lowest BCUT2D eigenvalue weighted by Crippen LogP contribution is -2.61. The van der Waals surface area contributed by atoms with Crippen LogP contribution in [0.5, 0.6) is 5.75 Å². The van der Waals surface area contributed by atoms with Crippen molar-refractivity contribution in [3.8, 4) is 17.1 Å². The van der Waals surface area contributed by atoms with Gasteiger partial charge < -0.3 is 9.15 Å². The topological polar surface area (TPSA) is 67.1 Å². The summed E-state index contributed by atoms with van der Waals surface area (Å²) >= 11 is 13.3. The SMILES string of the molecule is O=C1NC2(Oc3ccccc3C3CC(c4ccc(Cl)cc4)=NN32)C(=Cc2ccc(-c3cc(C(F)(F)F)ccc3Cl)o2)S1. The number of rotatable bonds is 3. The number of carbonyl (C=O) groups excluding carboxylic acids is 1. The number of furan rings is 1. The van der Waals surface area contributed by atoms with Gasteiger partial charge in [0.2, 0.25) is 0 Å². The van der Waals surface area contributed by atoms with Crippen LogP contribution in [-0.4, -0.2) is 21.8 Å². The Morgan fingerprint density at radius 3 is 2.62 bits per heavy atom. The number of halogens is 5. The molecule has 212 valence electrons. The van der Waals surface area contributed by atoms with Gasteiger partial charge in [-0.1, -0.05) is 53.5 Å². The summed E-state index contributed by atoms with van der Waals surface area (Å²) in [5.74, 6) is -0.449. The first-order valence-electron chi connectivity index (χ1n) is 12.7. The van der Waals surface area contributed by atoms with Crippen molar-refractivity contribution in [3.05, 3.63) is 116 Å². The fraction of sp³-hybridized carbons (Fsp3) is 0.133. The first kappa shape index (κ1) is 27.0. The Morgan fingerprint density at radius 2 is 1.83 bits per heavy atom. The van der Waals surface area contributed by atoms with Crippen molar-refractivity contribution in [2.75, 3.05) is 0 Å². The first-order valence-corrected chi connectivity index (χ1v) is 14.3.